The number of hydrogen-bond donors (Lipinski definition) is 0. The number of anilines is 1. The number of benzene rings is 1. The van der Waals surface area contributed by atoms with E-state index in [4.69, 9.17) is 0 Å². The van der Waals surface area contributed by atoms with E-state index in [1.807, 2.05) is 44.2 Å². The maximum Gasteiger partial charge on any atom is 0.234 e. The highest BCUT2D eigenvalue weighted by atomic mass is 16.2. The Morgan fingerprint density at radius 2 is 1.67 bits per heavy atom. The van der Waals surface area contributed by atoms with Crippen LogP contribution in [-0.2, 0) is 9.59 Å². The Kier molecular flexibility index (Phi) is 4.03. The minimum atomic E-state index is -0.101. The van der Waals surface area contributed by atoms with Crippen LogP contribution in [0.15, 0.2) is 30.3 Å². The Morgan fingerprint density at radius 3 is 2.13 bits per heavy atom. The van der Waals surface area contributed by atoms with Crippen LogP contribution in [-0.4, -0.2) is 18.2 Å². The number of ketones is 1. The van der Waals surface area contributed by atoms with E-state index in [1.54, 1.807) is 0 Å². The summed E-state index contributed by atoms with van der Waals surface area (Å²) in [5.74, 6) is -0.106. The summed E-state index contributed by atoms with van der Waals surface area (Å²) in [6.45, 7) is 4.23. The van der Waals surface area contributed by atoms with Crippen LogP contribution in [0.5, 0.6) is 0 Å². The summed E-state index contributed by atoms with van der Waals surface area (Å²) >= 11 is 0. The van der Waals surface area contributed by atoms with Crippen LogP contribution in [0.1, 0.15) is 20.3 Å². The average Bonchev–Trinajstić information content (AvgIpc) is 2.62. The molecular formula is C12H15NO2. The number of nitrogens with zero attached hydrogens (tertiary/aromatic N) is 1. The normalized spacial score (nSPS) is 14.9. The van der Waals surface area contributed by atoms with E-state index in [-0.39, 0.29) is 24.7 Å². The molecule has 1 aliphatic rings. The van der Waals surface area contributed by atoms with Crippen molar-refractivity contribution >= 4 is 17.4 Å². The van der Waals surface area contributed by atoms with Gasteiger partial charge in [0.25, 0.3) is 0 Å². The molecule has 0 radical (unpaired) electrons. The summed E-state index contributed by atoms with van der Waals surface area (Å²) in [5, 5.41) is 0. The van der Waals surface area contributed by atoms with Crippen LogP contribution < -0.4 is 4.90 Å². The van der Waals surface area contributed by atoms with Crippen molar-refractivity contribution in [3.63, 3.8) is 0 Å². The molecule has 1 aromatic rings. The molecule has 2 rings (SSSR count). The molecule has 0 N–H and O–H groups in total. The van der Waals surface area contributed by atoms with Crippen molar-refractivity contribution in [1.82, 2.24) is 0 Å². The van der Waals surface area contributed by atoms with Gasteiger partial charge in [0, 0.05) is 5.69 Å². The Hall–Kier alpha value is -1.64. The van der Waals surface area contributed by atoms with E-state index in [0.717, 1.165) is 5.69 Å². The van der Waals surface area contributed by atoms with Gasteiger partial charge in [0.2, 0.25) is 5.91 Å². The van der Waals surface area contributed by atoms with Gasteiger partial charge in [0.15, 0.2) is 5.78 Å². The monoisotopic (exact) mass is 205 g/mol. The zero-order valence-corrected chi connectivity index (χ0v) is 9.06. The zero-order chi connectivity index (χ0) is 11.3. The zero-order valence-electron chi connectivity index (χ0n) is 9.06. The lowest BCUT2D eigenvalue weighted by atomic mass is 10.3. The lowest BCUT2D eigenvalue weighted by molar-refractivity contribution is -0.121. The van der Waals surface area contributed by atoms with Gasteiger partial charge in [-0.15, -0.1) is 0 Å². The topological polar surface area (TPSA) is 37.4 Å². The lowest BCUT2D eigenvalue weighted by Gasteiger charge is -2.13. The lowest BCUT2D eigenvalue weighted by Crippen LogP contribution is -2.24. The van der Waals surface area contributed by atoms with Crippen LogP contribution in [0.25, 0.3) is 0 Å². The first-order chi connectivity index (χ1) is 7.27. The van der Waals surface area contributed by atoms with Crippen LogP contribution in [0, 0.1) is 0 Å². The first kappa shape index (κ1) is 11.4. The Labute approximate surface area is 89.7 Å². The van der Waals surface area contributed by atoms with Crippen molar-refractivity contribution in [1.29, 1.82) is 0 Å². The third-order valence-electron chi connectivity index (χ3n) is 2.05. The predicted octanol–water partition coefficient (Wildman–Crippen LogP) is 2.02. The fourth-order valence-electron chi connectivity index (χ4n) is 1.43. The molecule has 80 valence electrons. The molecule has 1 heterocycles. The van der Waals surface area contributed by atoms with Gasteiger partial charge >= 0.3 is 0 Å². The number of carbonyl (C=O) groups excluding carboxylic acids is 2. The van der Waals surface area contributed by atoms with Crippen LogP contribution in [0.2, 0.25) is 0 Å². The summed E-state index contributed by atoms with van der Waals surface area (Å²) in [7, 11) is 0. The molecule has 3 heteroatoms. The van der Waals surface area contributed by atoms with Crippen molar-refractivity contribution in [2.75, 3.05) is 11.4 Å². The predicted molar refractivity (Wildman–Crippen MR) is 59.8 cm³/mol. The van der Waals surface area contributed by atoms with Crippen LogP contribution in [0.4, 0.5) is 5.69 Å². The molecule has 15 heavy (non-hydrogen) atoms. The van der Waals surface area contributed by atoms with Crippen molar-refractivity contribution in [3.05, 3.63) is 30.3 Å². The molecule has 1 amide bonds. The molecule has 0 aromatic heterocycles. The van der Waals surface area contributed by atoms with Gasteiger partial charge < -0.3 is 4.90 Å². The molecule has 1 fully saturated rings. The number of Topliss-reactive ketones (excluding diaryl/α,β-unsaturated/α-hetero) is 1. The van der Waals surface area contributed by atoms with Gasteiger partial charge in [0.05, 0.1) is 13.0 Å². The van der Waals surface area contributed by atoms with Gasteiger partial charge in [-0.25, -0.2) is 0 Å². The fraction of sp³-hybridized carbons (Fsp3) is 0.333. The maximum atomic E-state index is 11.3. The largest absolute Gasteiger partial charge is 0.305 e. The SMILES string of the molecule is CC.O=C1CC(=O)N(c2ccccc2)C1. The van der Waals surface area contributed by atoms with Crippen molar-refractivity contribution in [2.24, 2.45) is 0 Å². The molecule has 0 aliphatic carbocycles. The first-order valence-corrected chi connectivity index (χ1v) is 5.14. The third kappa shape index (κ3) is 2.65. The number of para-hydroxylation sites is 1. The van der Waals surface area contributed by atoms with E-state index in [0.29, 0.717) is 0 Å². The summed E-state index contributed by atoms with van der Waals surface area (Å²) in [5.41, 5.74) is 0.804. The van der Waals surface area contributed by atoms with Crippen molar-refractivity contribution in [2.45, 2.75) is 20.3 Å². The molecular weight excluding hydrogens is 190 g/mol. The Balaban J connectivity index is 0.000000531. The molecule has 1 aromatic carbocycles. The first-order valence-electron chi connectivity index (χ1n) is 5.14. The number of rotatable bonds is 1. The molecule has 0 bridgehead atoms. The van der Waals surface area contributed by atoms with E-state index >= 15 is 0 Å². The number of hydrogen-bond acceptors (Lipinski definition) is 2. The molecule has 0 unspecified atom stereocenters. The molecule has 1 saturated heterocycles. The molecule has 3 nitrogen and oxygen atoms in total. The third-order valence-corrected chi connectivity index (χ3v) is 2.05. The highest BCUT2D eigenvalue weighted by Crippen LogP contribution is 2.18. The quantitative estimate of drug-likeness (QED) is 0.658. The molecule has 1 aliphatic heterocycles. The Morgan fingerprint density at radius 1 is 1.07 bits per heavy atom. The highest BCUT2D eigenvalue weighted by Gasteiger charge is 2.27. The van der Waals surface area contributed by atoms with E-state index in [2.05, 4.69) is 0 Å². The maximum absolute atomic E-state index is 11.3. The second-order valence-corrected chi connectivity index (χ2v) is 3.03. The smallest absolute Gasteiger partial charge is 0.234 e. The Bertz CT molecular complexity index is 346. The average molecular weight is 205 g/mol. The van der Waals surface area contributed by atoms with E-state index in [9.17, 15) is 9.59 Å². The standard InChI is InChI=1S/C10H9NO2.C2H6/c12-9-6-10(13)11(7-9)8-4-2-1-3-5-8;1-2/h1-5H,6-7H2;1-2H3. The van der Waals surface area contributed by atoms with Crippen molar-refractivity contribution < 1.29 is 9.59 Å². The summed E-state index contributed by atoms with van der Waals surface area (Å²) < 4.78 is 0. The summed E-state index contributed by atoms with van der Waals surface area (Å²) in [4.78, 5) is 23.8. The van der Waals surface area contributed by atoms with Crippen molar-refractivity contribution in [3.8, 4) is 0 Å². The van der Waals surface area contributed by atoms with Gasteiger partial charge in [-0.3, -0.25) is 9.59 Å². The molecule has 0 spiro atoms. The van der Waals surface area contributed by atoms with Gasteiger partial charge in [0.1, 0.15) is 0 Å². The number of amides is 1. The van der Waals surface area contributed by atoms with Crippen LogP contribution >= 0.6 is 0 Å². The summed E-state index contributed by atoms with van der Waals surface area (Å²) in [6, 6.07) is 9.25. The second-order valence-electron chi connectivity index (χ2n) is 3.03. The minimum Gasteiger partial charge on any atom is -0.305 e. The van der Waals surface area contributed by atoms with E-state index in [1.165, 1.54) is 4.90 Å². The minimum absolute atomic E-state index is 0.00569. The number of carbonyl (C=O) groups is 2. The highest BCUT2D eigenvalue weighted by molar-refractivity contribution is 6.14. The molecule has 0 atom stereocenters. The van der Waals surface area contributed by atoms with Gasteiger partial charge in [-0.05, 0) is 12.1 Å². The molecule has 0 saturated carbocycles. The second kappa shape index (κ2) is 5.29. The summed E-state index contributed by atoms with van der Waals surface area (Å²) in [6.07, 6.45) is 0.0505. The van der Waals surface area contributed by atoms with Gasteiger partial charge in [-0.2, -0.15) is 0 Å². The van der Waals surface area contributed by atoms with Crippen LogP contribution in [0.3, 0.4) is 0 Å². The fourth-order valence-corrected chi connectivity index (χ4v) is 1.43. The van der Waals surface area contributed by atoms with Gasteiger partial charge in [-0.1, -0.05) is 32.0 Å². The van der Waals surface area contributed by atoms with E-state index < -0.39 is 0 Å².